The molecule has 0 aliphatic carbocycles. The molecule has 0 aromatic carbocycles. The fourth-order valence-electron chi connectivity index (χ4n) is 0.0896. The van der Waals surface area contributed by atoms with Crippen molar-refractivity contribution in [2.45, 2.75) is 0 Å². The molecule has 0 spiro atoms. The Labute approximate surface area is 45.7 Å². The number of methoxy groups -OCH3 is 1. The summed E-state index contributed by atoms with van der Waals surface area (Å²) in [5.41, 5.74) is 0. The molecule has 4 heteroatoms. The van der Waals surface area contributed by atoms with Crippen molar-refractivity contribution in [1.82, 2.24) is 0 Å². The number of carbonyl (C=O) groups is 1. The number of hydrogen-bond donors (Lipinski definition) is 1. The van der Waals surface area contributed by atoms with Crippen LogP contribution in [0.15, 0.2) is 0 Å². The van der Waals surface area contributed by atoms with Gasteiger partial charge in [0.15, 0.2) is 0 Å². The highest BCUT2D eigenvalue weighted by Gasteiger charge is 2.01. The fraction of sp³-hybridized carbons (Fsp3) is 0.333. The van der Waals surface area contributed by atoms with Crippen LogP contribution in [-0.4, -0.2) is 18.2 Å². The van der Waals surface area contributed by atoms with Gasteiger partial charge in [-0.2, -0.15) is 0 Å². The van der Waals surface area contributed by atoms with Gasteiger partial charge in [-0.1, -0.05) is 11.6 Å². The lowest BCUT2D eigenvalue weighted by Gasteiger charge is -1.87. The lowest BCUT2D eigenvalue weighted by atomic mass is 10.8. The molecule has 0 aliphatic heterocycles. The van der Waals surface area contributed by atoms with Crippen molar-refractivity contribution in [2.24, 2.45) is 0 Å². The maximum atomic E-state index is 9.93. The van der Waals surface area contributed by atoms with Gasteiger partial charge in [0.25, 0.3) is 0 Å². The third kappa shape index (κ3) is 2.17. The van der Waals surface area contributed by atoms with Gasteiger partial charge in [0.1, 0.15) is 0 Å². The topological polar surface area (TPSA) is 50.2 Å². The van der Waals surface area contributed by atoms with Crippen molar-refractivity contribution in [3.05, 3.63) is 0 Å². The molecule has 0 radical (unpaired) electrons. The summed E-state index contributed by atoms with van der Waals surface area (Å²) in [6.45, 7) is 0. The summed E-state index contributed by atoms with van der Waals surface area (Å²) in [5, 5.41) is 5.80. The summed E-state index contributed by atoms with van der Waals surface area (Å²) in [7, 11) is 1.17. The minimum Gasteiger partial charge on any atom is -0.464 e. The molecular weight excluding hydrogens is 117 g/mol. The first-order chi connectivity index (χ1) is 3.18. The highest BCUT2D eigenvalue weighted by molar-refractivity contribution is 6.81. The lowest BCUT2D eigenvalue weighted by molar-refractivity contribution is -0.132. The van der Waals surface area contributed by atoms with Crippen LogP contribution < -0.4 is 0 Å². The second kappa shape index (κ2) is 2.58. The predicted octanol–water partition coefficient (Wildman–Crippen LogP) is 0.375. The summed E-state index contributed by atoms with van der Waals surface area (Å²) < 4.78 is 4.02. The van der Waals surface area contributed by atoms with Crippen molar-refractivity contribution in [3.63, 3.8) is 0 Å². The number of esters is 1. The van der Waals surface area contributed by atoms with Crippen LogP contribution in [0.25, 0.3) is 0 Å². The highest BCUT2D eigenvalue weighted by Crippen LogP contribution is 1.81. The van der Waals surface area contributed by atoms with Gasteiger partial charge >= 0.3 is 5.97 Å². The molecule has 7 heavy (non-hydrogen) atoms. The van der Waals surface area contributed by atoms with Crippen molar-refractivity contribution in [3.8, 4) is 0 Å². The molecule has 0 aliphatic rings. The molecule has 0 heterocycles. The first-order valence-corrected chi connectivity index (χ1v) is 1.88. The third-order valence-electron chi connectivity index (χ3n) is 0.365. The largest absolute Gasteiger partial charge is 0.464 e. The normalized spacial score (nSPS) is 7.71. The zero-order valence-corrected chi connectivity index (χ0v) is 4.45. The van der Waals surface area contributed by atoms with E-state index < -0.39 is 11.1 Å². The lowest BCUT2D eigenvalue weighted by Crippen LogP contribution is -2.06. The quantitative estimate of drug-likeness (QED) is 0.403. The van der Waals surface area contributed by atoms with Crippen molar-refractivity contribution in [2.75, 3.05) is 7.11 Å². The Hall–Kier alpha value is -0.570. The maximum Gasteiger partial charge on any atom is 0.367 e. The van der Waals surface area contributed by atoms with E-state index in [0.29, 0.717) is 0 Å². The minimum absolute atomic E-state index is 0.595. The van der Waals surface area contributed by atoms with Gasteiger partial charge in [-0.15, -0.1) is 0 Å². The third-order valence-corrected chi connectivity index (χ3v) is 0.519. The molecular formula is C3H4ClNO2. The van der Waals surface area contributed by atoms with Gasteiger partial charge in [0.2, 0.25) is 5.17 Å². The van der Waals surface area contributed by atoms with Gasteiger partial charge in [-0.3, -0.25) is 5.41 Å². The van der Waals surface area contributed by atoms with Gasteiger partial charge in [0, 0.05) is 0 Å². The second-order valence-corrected chi connectivity index (χ2v) is 1.18. The molecule has 0 fully saturated rings. The number of ether oxygens (including phenoxy) is 1. The number of carbonyl (C=O) groups excluding carboxylic acids is 1. The Kier molecular flexibility index (Phi) is 2.37. The Balaban J connectivity index is 3.58. The molecule has 0 aromatic heterocycles. The first kappa shape index (κ1) is 6.43. The minimum atomic E-state index is -0.804. The van der Waals surface area contributed by atoms with E-state index in [4.69, 9.17) is 17.0 Å². The SMILES string of the molecule is COC(=O)C(=N)Cl. The molecule has 0 amide bonds. The van der Waals surface area contributed by atoms with E-state index in [2.05, 4.69) is 4.74 Å². The zero-order chi connectivity index (χ0) is 5.86. The van der Waals surface area contributed by atoms with Crippen molar-refractivity contribution < 1.29 is 9.53 Å². The Morgan fingerprint density at radius 1 is 1.86 bits per heavy atom. The number of rotatable bonds is 1. The van der Waals surface area contributed by atoms with Crippen LogP contribution in [0, 0.1) is 5.41 Å². The molecule has 0 rings (SSSR count). The summed E-state index contributed by atoms with van der Waals surface area (Å²) >= 11 is 4.84. The van der Waals surface area contributed by atoms with Crippen LogP contribution in [0.3, 0.4) is 0 Å². The smallest absolute Gasteiger partial charge is 0.367 e. The molecule has 0 atom stereocenters. The average molecular weight is 122 g/mol. The van der Waals surface area contributed by atoms with E-state index in [9.17, 15) is 4.79 Å². The summed E-state index contributed by atoms with van der Waals surface area (Å²) in [6, 6.07) is 0. The monoisotopic (exact) mass is 121 g/mol. The van der Waals surface area contributed by atoms with Crippen LogP contribution in [0.1, 0.15) is 0 Å². The van der Waals surface area contributed by atoms with Gasteiger partial charge in [-0.25, -0.2) is 4.79 Å². The fourth-order valence-corrected chi connectivity index (χ4v) is 0.167. The first-order valence-electron chi connectivity index (χ1n) is 1.51. The maximum absolute atomic E-state index is 9.93. The average Bonchev–Trinajstić information content (AvgIpc) is 1.65. The van der Waals surface area contributed by atoms with Gasteiger partial charge < -0.3 is 4.74 Å². The van der Waals surface area contributed by atoms with Gasteiger partial charge in [-0.05, 0) is 0 Å². The molecule has 40 valence electrons. The second-order valence-electron chi connectivity index (χ2n) is 0.806. The van der Waals surface area contributed by atoms with Crippen molar-refractivity contribution >= 4 is 22.7 Å². The Morgan fingerprint density at radius 2 is 2.29 bits per heavy atom. The summed E-state index contributed by atoms with van der Waals surface area (Å²) in [6.07, 6.45) is 0. The molecule has 1 N–H and O–H groups in total. The van der Waals surface area contributed by atoms with Crippen molar-refractivity contribution in [1.29, 1.82) is 5.41 Å². The molecule has 0 unspecified atom stereocenters. The summed E-state index contributed by atoms with van der Waals surface area (Å²) in [4.78, 5) is 9.93. The van der Waals surface area contributed by atoms with Crippen LogP contribution in [0.5, 0.6) is 0 Å². The predicted molar refractivity (Wildman–Crippen MR) is 25.6 cm³/mol. The van der Waals surface area contributed by atoms with E-state index in [1.165, 1.54) is 7.11 Å². The van der Waals surface area contributed by atoms with Crippen LogP contribution >= 0.6 is 11.6 Å². The number of hydrogen-bond acceptors (Lipinski definition) is 3. The Bertz CT molecular complexity index is 101. The van der Waals surface area contributed by atoms with Gasteiger partial charge in [0.05, 0.1) is 7.11 Å². The number of nitrogens with one attached hydrogen (secondary N) is 1. The molecule has 0 aromatic rings. The molecule has 0 bridgehead atoms. The van der Waals surface area contributed by atoms with E-state index >= 15 is 0 Å². The van der Waals surface area contributed by atoms with E-state index in [0.717, 1.165) is 0 Å². The molecule has 0 saturated carbocycles. The van der Waals surface area contributed by atoms with E-state index in [-0.39, 0.29) is 0 Å². The van der Waals surface area contributed by atoms with E-state index in [1.807, 2.05) is 0 Å². The highest BCUT2D eigenvalue weighted by atomic mass is 35.5. The standard InChI is InChI=1S/C3H4ClNO2/c1-7-3(6)2(4)5/h5H,1H3. The molecule has 0 saturated heterocycles. The Morgan fingerprint density at radius 3 is 2.29 bits per heavy atom. The van der Waals surface area contributed by atoms with E-state index in [1.54, 1.807) is 0 Å². The van der Waals surface area contributed by atoms with Crippen LogP contribution in [-0.2, 0) is 9.53 Å². The van der Waals surface area contributed by atoms with Crippen LogP contribution in [0.2, 0.25) is 0 Å². The summed E-state index contributed by atoms with van der Waals surface area (Å²) in [5.74, 6) is -0.804. The molecule has 3 nitrogen and oxygen atoms in total. The number of halogens is 1. The van der Waals surface area contributed by atoms with Crippen LogP contribution in [0.4, 0.5) is 0 Å². The zero-order valence-electron chi connectivity index (χ0n) is 3.69.